The van der Waals surface area contributed by atoms with Crippen LogP contribution in [-0.4, -0.2) is 33.1 Å². The van der Waals surface area contributed by atoms with Crippen LogP contribution in [-0.2, 0) is 16.2 Å². The first-order valence-corrected chi connectivity index (χ1v) is 15.5. The number of oxime groups is 1. The summed E-state index contributed by atoms with van der Waals surface area (Å²) in [4.78, 5) is 45.0. The van der Waals surface area contributed by atoms with Crippen LogP contribution >= 0.6 is 11.8 Å². The molecule has 0 bridgehead atoms. The van der Waals surface area contributed by atoms with Crippen molar-refractivity contribution in [3.05, 3.63) is 101 Å². The molecule has 0 N–H and O–H groups in total. The number of benzene rings is 3. The van der Waals surface area contributed by atoms with Crippen molar-refractivity contribution in [3.8, 4) is 0 Å². The summed E-state index contributed by atoms with van der Waals surface area (Å²) in [6.45, 7) is 10.2. The van der Waals surface area contributed by atoms with Gasteiger partial charge in [-0.15, -0.1) is 11.8 Å². The van der Waals surface area contributed by atoms with Crippen molar-refractivity contribution >= 4 is 56.8 Å². The summed E-state index contributed by atoms with van der Waals surface area (Å²) in [6.07, 6.45) is 6.14. The Bertz CT molecular complexity index is 1830. The second-order valence-corrected chi connectivity index (χ2v) is 12.6. The molecule has 43 heavy (non-hydrogen) atoms. The average Bonchev–Trinajstić information content (AvgIpc) is 3.32. The lowest BCUT2D eigenvalue weighted by Crippen LogP contribution is -2.19. The van der Waals surface area contributed by atoms with Crippen molar-refractivity contribution in [1.82, 2.24) is 4.57 Å². The minimum absolute atomic E-state index is 0.00636. The maximum absolute atomic E-state index is 13.9. The molecule has 0 fully saturated rings. The Balaban J connectivity index is 1.51. The number of carbonyl (C=O) groups excluding carboxylic acids is 3. The number of allylic oxidation sites excluding steroid dienone is 4. The van der Waals surface area contributed by atoms with Gasteiger partial charge >= 0.3 is 5.97 Å². The summed E-state index contributed by atoms with van der Waals surface area (Å²) >= 11 is 1.64. The lowest BCUT2D eigenvalue weighted by molar-refractivity contribution is -0.140. The minimum Gasteiger partial charge on any atom is -0.341 e. The van der Waals surface area contributed by atoms with Crippen LogP contribution in [0, 0.1) is 6.92 Å². The first kappa shape index (κ1) is 30.2. The maximum Gasteiger partial charge on any atom is 0.331 e. The fraction of sp³-hybridized carbons (Fsp3) is 0.278. The third-order valence-electron chi connectivity index (χ3n) is 7.77. The number of hydrogen-bond donors (Lipinski definition) is 0. The van der Waals surface area contributed by atoms with Crippen molar-refractivity contribution < 1.29 is 19.2 Å². The van der Waals surface area contributed by atoms with Crippen LogP contribution < -0.4 is 0 Å². The largest absolute Gasteiger partial charge is 0.341 e. The van der Waals surface area contributed by atoms with Gasteiger partial charge < -0.3 is 9.40 Å². The van der Waals surface area contributed by atoms with Gasteiger partial charge in [-0.1, -0.05) is 47.5 Å². The highest BCUT2D eigenvalue weighted by atomic mass is 32.2. The van der Waals surface area contributed by atoms with Crippen LogP contribution in [0.4, 0.5) is 0 Å². The van der Waals surface area contributed by atoms with Gasteiger partial charge in [-0.2, -0.15) is 0 Å². The zero-order valence-electron chi connectivity index (χ0n) is 25.3. The summed E-state index contributed by atoms with van der Waals surface area (Å²) in [6, 6.07) is 19.7. The van der Waals surface area contributed by atoms with Crippen molar-refractivity contribution in [3.63, 3.8) is 0 Å². The van der Waals surface area contributed by atoms with Gasteiger partial charge in [0.05, 0.1) is 0 Å². The summed E-state index contributed by atoms with van der Waals surface area (Å²) in [5.74, 6) is -0.867. The normalized spacial score (nSPS) is 14.4. The molecule has 0 saturated heterocycles. The molecule has 0 radical (unpaired) electrons. The fourth-order valence-electron chi connectivity index (χ4n) is 5.55. The highest BCUT2D eigenvalue weighted by molar-refractivity contribution is 8.00. The van der Waals surface area contributed by atoms with Gasteiger partial charge in [-0.3, -0.25) is 9.59 Å². The summed E-state index contributed by atoms with van der Waals surface area (Å²) < 4.78 is 2.19. The molecule has 5 rings (SSSR count). The standard InChI is InChI=1S/C36H36N2O4S/c1-6-38-33-17-13-26(35(40)29-10-8-7-9-23(29)3)20-30(33)31-21-27(14-18-34(31)38)36(41)32(37-42-25(5)39)19-24(4)43-28-15-11-22(2)12-16-28/h8,10-18,20-21,24H,6-7,9,19H2,1-5H3/b37-32+. The van der Waals surface area contributed by atoms with E-state index in [1.165, 1.54) is 12.5 Å². The molecular formula is C36H36N2O4S. The molecule has 7 heteroatoms. The van der Waals surface area contributed by atoms with Crippen LogP contribution in [0.1, 0.15) is 73.2 Å². The Morgan fingerprint density at radius 3 is 2.23 bits per heavy atom. The molecule has 1 aliphatic carbocycles. The van der Waals surface area contributed by atoms with E-state index in [2.05, 4.69) is 47.0 Å². The van der Waals surface area contributed by atoms with Crippen LogP contribution in [0.3, 0.4) is 0 Å². The zero-order valence-corrected chi connectivity index (χ0v) is 26.1. The molecule has 1 heterocycles. The van der Waals surface area contributed by atoms with Crippen molar-refractivity contribution in [1.29, 1.82) is 0 Å². The van der Waals surface area contributed by atoms with Crippen LogP contribution in [0.5, 0.6) is 0 Å². The smallest absolute Gasteiger partial charge is 0.331 e. The topological polar surface area (TPSA) is 77.7 Å². The van der Waals surface area contributed by atoms with Crippen molar-refractivity contribution in [2.24, 2.45) is 5.16 Å². The molecule has 1 aromatic heterocycles. The molecular weight excluding hydrogens is 556 g/mol. The van der Waals surface area contributed by atoms with Crippen LogP contribution in [0.2, 0.25) is 0 Å². The molecule has 0 spiro atoms. The molecule has 1 atom stereocenters. The minimum atomic E-state index is -0.582. The summed E-state index contributed by atoms with van der Waals surface area (Å²) in [5.41, 5.74) is 6.28. The average molecular weight is 593 g/mol. The fourth-order valence-corrected chi connectivity index (χ4v) is 6.55. The highest BCUT2D eigenvalue weighted by Gasteiger charge is 2.22. The van der Waals surface area contributed by atoms with Gasteiger partial charge in [-0.25, -0.2) is 4.79 Å². The van der Waals surface area contributed by atoms with E-state index < -0.39 is 5.97 Å². The lowest BCUT2D eigenvalue weighted by atomic mass is 9.92. The quantitative estimate of drug-likeness (QED) is 0.0605. The molecule has 3 aromatic carbocycles. The predicted octanol–water partition coefficient (Wildman–Crippen LogP) is 8.64. The molecule has 220 valence electrons. The number of Topliss-reactive ketones (excluding diaryl/α,β-unsaturated/α-hetero) is 2. The number of aryl methyl sites for hydroxylation is 2. The maximum atomic E-state index is 13.9. The SMILES string of the molecule is CCn1c2ccc(C(=O)C3=C(C)CCC=C3)cc2c2cc(C(=O)/C(CC(C)Sc3ccc(C)cc3)=N/OC(C)=O)ccc21. The molecule has 0 saturated carbocycles. The first-order valence-electron chi connectivity index (χ1n) is 14.7. The second kappa shape index (κ2) is 13.0. The predicted molar refractivity (Wildman–Crippen MR) is 175 cm³/mol. The van der Waals surface area contributed by atoms with Crippen molar-refractivity contribution in [2.45, 2.75) is 70.6 Å². The van der Waals surface area contributed by atoms with Gasteiger partial charge in [0.15, 0.2) is 5.78 Å². The molecule has 6 nitrogen and oxygen atoms in total. The number of nitrogens with zero attached hydrogens (tertiary/aromatic N) is 2. The Morgan fingerprint density at radius 1 is 0.953 bits per heavy atom. The number of hydrogen-bond acceptors (Lipinski definition) is 6. The third-order valence-corrected chi connectivity index (χ3v) is 8.88. The van der Waals surface area contributed by atoms with E-state index in [0.717, 1.165) is 57.2 Å². The lowest BCUT2D eigenvalue weighted by Gasteiger charge is -2.13. The Morgan fingerprint density at radius 2 is 1.60 bits per heavy atom. The number of carbonyl (C=O) groups is 3. The Hall–Kier alpha value is -4.23. The van der Waals surface area contributed by atoms with Gasteiger partial charge in [0, 0.05) is 68.5 Å². The first-order chi connectivity index (χ1) is 20.7. The second-order valence-electron chi connectivity index (χ2n) is 11.1. The summed E-state index contributed by atoms with van der Waals surface area (Å²) in [7, 11) is 0. The van der Waals surface area contributed by atoms with E-state index in [9.17, 15) is 14.4 Å². The third kappa shape index (κ3) is 6.57. The molecule has 0 aliphatic heterocycles. The molecule has 0 amide bonds. The highest BCUT2D eigenvalue weighted by Crippen LogP contribution is 2.33. The Labute approximate surface area is 256 Å². The number of ketones is 2. The number of aromatic nitrogens is 1. The molecule has 4 aromatic rings. The van der Waals surface area contributed by atoms with Crippen molar-refractivity contribution in [2.75, 3.05) is 0 Å². The summed E-state index contributed by atoms with van der Waals surface area (Å²) in [5, 5.41) is 5.80. The molecule has 1 aliphatic rings. The Kier molecular flexibility index (Phi) is 9.11. The van der Waals surface area contributed by atoms with Gasteiger partial charge in [0.25, 0.3) is 0 Å². The number of fused-ring (bicyclic) bond motifs is 3. The monoisotopic (exact) mass is 592 g/mol. The molecule has 1 unspecified atom stereocenters. The van der Waals surface area contributed by atoms with E-state index in [-0.39, 0.29) is 22.5 Å². The van der Waals surface area contributed by atoms with E-state index in [0.29, 0.717) is 17.5 Å². The van der Waals surface area contributed by atoms with Gasteiger partial charge in [0.1, 0.15) is 5.71 Å². The zero-order chi connectivity index (χ0) is 30.7. The van der Waals surface area contributed by atoms with E-state index in [1.807, 2.05) is 57.2 Å². The van der Waals surface area contributed by atoms with Gasteiger partial charge in [-0.05, 0) is 82.1 Å². The van der Waals surface area contributed by atoms with E-state index in [4.69, 9.17) is 4.84 Å². The number of thioether (sulfide) groups is 1. The van der Waals surface area contributed by atoms with E-state index >= 15 is 0 Å². The van der Waals surface area contributed by atoms with Crippen LogP contribution in [0.25, 0.3) is 21.8 Å². The van der Waals surface area contributed by atoms with Crippen LogP contribution in [0.15, 0.2) is 94.0 Å². The van der Waals surface area contributed by atoms with Gasteiger partial charge in [0.2, 0.25) is 5.78 Å². The van der Waals surface area contributed by atoms with E-state index in [1.54, 1.807) is 17.8 Å². The number of rotatable bonds is 10.